The lowest BCUT2D eigenvalue weighted by Crippen LogP contribution is -2.52. The summed E-state index contributed by atoms with van der Waals surface area (Å²) in [4.78, 5) is 25.6. The van der Waals surface area contributed by atoms with Crippen LogP contribution in [0.15, 0.2) is 66.7 Å². The van der Waals surface area contributed by atoms with Gasteiger partial charge in [-0.05, 0) is 74.8 Å². The molecule has 6 rings (SSSR count). The lowest BCUT2D eigenvalue weighted by atomic mass is 9.83. The van der Waals surface area contributed by atoms with Crippen molar-refractivity contribution in [2.24, 2.45) is 0 Å². The molecule has 0 amide bonds. The van der Waals surface area contributed by atoms with Crippen molar-refractivity contribution >= 4 is 11.9 Å². The van der Waals surface area contributed by atoms with E-state index in [1.54, 1.807) is 28.4 Å². The Morgan fingerprint density at radius 3 is 1.54 bits per heavy atom. The highest BCUT2D eigenvalue weighted by molar-refractivity contribution is 5.91. The highest BCUT2D eigenvalue weighted by atomic mass is 16.5. The van der Waals surface area contributed by atoms with Crippen LogP contribution in [0.25, 0.3) is 0 Å². The van der Waals surface area contributed by atoms with Gasteiger partial charge in [0, 0.05) is 67.4 Å². The van der Waals surface area contributed by atoms with Crippen LogP contribution in [0.3, 0.4) is 0 Å². The molecule has 4 atom stereocenters. The smallest absolute Gasteiger partial charge is 0.331 e. The number of fused-ring (bicyclic) bond motifs is 2. The van der Waals surface area contributed by atoms with Gasteiger partial charge in [0.15, 0.2) is 23.0 Å². The molecule has 0 bridgehead atoms. The van der Waals surface area contributed by atoms with Gasteiger partial charge in [-0.25, -0.2) is 9.59 Å². The van der Waals surface area contributed by atoms with Crippen molar-refractivity contribution in [2.75, 3.05) is 81.9 Å². The number of nitrogens with zero attached hydrogens (tertiary/aromatic N) is 2. The molecule has 0 fully saturated rings. The Kier molecular flexibility index (Phi) is 18.0. The van der Waals surface area contributed by atoms with Gasteiger partial charge in [-0.3, -0.25) is 0 Å². The number of methoxy groups -OCH3 is 4. The number of aliphatic hydroxyl groups is 5. The van der Waals surface area contributed by atoms with Crippen LogP contribution in [-0.2, 0) is 77.8 Å². The Morgan fingerprint density at radius 2 is 1.01 bits per heavy atom. The maximum atomic E-state index is 12.8. The molecule has 2 heterocycles. The highest BCUT2D eigenvalue weighted by Crippen LogP contribution is 2.44. The number of carbonyl (C=O) groups excluding carboxylic acids is 2. The maximum Gasteiger partial charge on any atom is 0.331 e. The van der Waals surface area contributed by atoms with Gasteiger partial charge in [0.2, 0.25) is 0 Å². The zero-order valence-corrected chi connectivity index (χ0v) is 40.4. The summed E-state index contributed by atoms with van der Waals surface area (Å²) in [5, 5.41) is 50.2. The summed E-state index contributed by atoms with van der Waals surface area (Å²) in [6.45, 7) is 2.33. The van der Waals surface area contributed by atoms with E-state index in [0.717, 1.165) is 65.9 Å². The van der Waals surface area contributed by atoms with Crippen LogP contribution in [0.1, 0.15) is 86.1 Å². The number of ether oxygens (including phenoxy) is 6. The summed E-state index contributed by atoms with van der Waals surface area (Å²) >= 11 is 0. The van der Waals surface area contributed by atoms with Crippen molar-refractivity contribution in [3.63, 3.8) is 0 Å². The van der Waals surface area contributed by atoms with Crippen molar-refractivity contribution in [1.29, 1.82) is 0 Å². The number of esters is 2. The Labute approximate surface area is 399 Å². The van der Waals surface area contributed by atoms with E-state index >= 15 is 0 Å². The summed E-state index contributed by atoms with van der Waals surface area (Å²) in [7, 11) is 10.8. The number of aliphatic hydroxyl groups excluding tert-OH is 5. The van der Waals surface area contributed by atoms with E-state index in [1.165, 1.54) is 5.56 Å². The molecule has 0 saturated carbocycles. The SMILES string of the molecule is COc1cc2c(cc1OC)C(Cc1cc(CO)c(OC)c(OC)c1)[N+](C)(CCCOC(=O)/C=C/C(=O)OCCC[N+]1(C)CCc3cc(CO)c(CO)cc3C1Cc1ccc(CO)c(CO)c1)CC2. The van der Waals surface area contributed by atoms with Crippen LogP contribution in [0.5, 0.6) is 23.0 Å². The molecule has 68 heavy (non-hydrogen) atoms. The third-order valence-electron chi connectivity index (χ3n) is 14.2. The third-order valence-corrected chi connectivity index (χ3v) is 14.2. The van der Waals surface area contributed by atoms with Gasteiger partial charge in [0.25, 0.3) is 0 Å². The molecule has 2 aliphatic rings. The standard InChI is InChI=1S/C53H70N2O13/c1-54(17-13-37-26-41(32-58)42(33-59)27-44(37)46(54)23-35-9-10-39(30-56)40(21-35)31-57)15-7-19-67-51(61)11-12-52(62)68-20-8-16-55(2)18-14-38-28-48(63-3)49(64-4)29-45(38)47(55)24-36-22-43(34-60)53(66-6)50(25-36)65-5/h9-12,21-22,25-29,46-47,56-60H,7-8,13-20,23-24,30-34H2,1-6H3/q+2/b12-11+. The molecule has 0 radical (unpaired) electrons. The molecular weight excluding hydrogens is 873 g/mol. The number of hydrogen-bond acceptors (Lipinski definition) is 13. The van der Waals surface area contributed by atoms with Crippen molar-refractivity contribution in [3.8, 4) is 23.0 Å². The van der Waals surface area contributed by atoms with Gasteiger partial charge < -0.3 is 62.9 Å². The summed E-state index contributed by atoms with van der Waals surface area (Å²) < 4.78 is 35.0. The molecule has 2 aliphatic heterocycles. The van der Waals surface area contributed by atoms with Gasteiger partial charge in [0.1, 0.15) is 12.1 Å². The van der Waals surface area contributed by atoms with Gasteiger partial charge in [-0.15, -0.1) is 0 Å². The number of benzene rings is 4. The molecule has 15 nitrogen and oxygen atoms in total. The minimum Gasteiger partial charge on any atom is -0.493 e. The molecule has 15 heteroatoms. The van der Waals surface area contributed by atoms with E-state index in [2.05, 4.69) is 20.2 Å². The molecule has 368 valence electrons. The van der Waals surface area contributed by atoms with E-state index in [9.17, 15) is 35.1 Å². The van der Waals surface area contributed by atoms with Crippen LogP contribution in [0.2, 0.25) is 0 Å². The molecule has 0 aromatic heterocycles. The van der Waals surface area contributed by atoms with E-state index in [1.807, 2.05) is 48.5 Å². The Hall–Kier alpha value is -5.52. The van der Waals surface area contributed by atoms with E-state index < -0.39 is 11.9 Å². The zero-order chi connectivity index (χ0) is 49.0. The fraction of sp³-hybridized carbons (Fsp3) is 0.472. The van der Waals surface area contributed by atoms with E-state index in [0.29, 0.717) is 98.6 Å². The second-order valence-electron chi connectivity index (χ2n) is 18.3. The van der Waals surface area contributed by atoms with Gasteiger partial charge >= 0.3 is 11.9 Å². The second kappa shape index (κ2) is 23.7. The maximum absolute atomic E-state index is 12.8. The number of carbonyl (C=O) groups is 2. The summed E-state index contributed by atoms with van der Waals surface area (Å²) in [6, 6.07) is 17.6. The van der Waals surface area contributed by atoms with Crippen molar-refractivity contribution < 1.29 is 72.5 Å². The number of hydrogen-bond donors (Lipinski definition) is 5. The predicted octanol–water partition coefficient (Wildman–Crippen LogP) is 4.88. The summed E-state index contributed by atoms with van der Waals surface area (Å²) in [5.41, 5.74) is 9.83. The summed E-state index contributed by atoms with van der Waals surface area (Å²) in [6.07, 6.45) is 6.13. The van der Waals surface area contributed by atoms with Crippen LogP contribution >= 0.6 is 0 Å². The number of quaternary nitrogens is 2. The first-order valence-electron chi connectivity index (χ1n) is 23.3. The quantitative estimate of drug-likeness (QED) is 0.0293. The van der Waals surface area contributed by atoms with Crippen LogP contribution < -0.4 is 18.9 Å². The number of rotatable bonds is 23. The third kappa shape index (κ3) is 11.8. The van der Waals surface area contributed by atoms with E-state index in [-0.39, 0.29) is 58.3 Å². The largest absolute Gasteiger partial charge is 0.493 e. The highest BCUT2D eigenvalue weighted by Gasteiger charge is 2.41. The molecule has 5 N–H and O–H groups in total. The number of likely N-dealkylation sites (N-methyl/N-ethyl adjacent to an activating group) is 2. The fourth-order valence-corrected chi connectivity index (χ4v) is 10.3. The van der Waals surface area contributed by atoms with Gasteiger partial charge in [-0.1, -0.05) is 24.3 Å². The van der Waals surface area contributed by atoms with Crippen LogP contribution in [-0.4, -0.2) is 128 Å². The average Bonchev–Trinajstić information content (AvgIpc) is 3.36. The Morgan fingerprint density at radius 1 is 0.544 bits per heavy atom. The molecule has 4 unspecified atom stereocenters. The topological polar surface area (TPSA) is 191 Å². The molecule has 0 saturated heterocycles. The fourth-order valence-electron chi connectivity index (χ4n) is 10.3. The molecule has 0 spiro atoms. The minimum atomic E-state index is -0.644. The first-order valence-corrected chi connectivity index (χ1v) is 23.3. The average molecular weight is 943 g/mol. The van der Waals surface area contributed by atoms with Crippen molar-refractivity contribution in [2.45, 2.75) is 83.6 Å². The first kappa shape index (κ1) is 51.9. The molecule has 4 aromatic carbocycles. The molecular formula is C53H70N2O13+2. The summed E-state index contributed by atoms with van der Waals surface area (Å²) in [5.74, 6) is 1.06. The minimum absolute atomic E-state index is 0.0289. The Balaban J connectivity index is 1.05. The van der Waals surface area contributed by atoms with Crippen molar-refractivity contribution in [1.82, 2.24) is 0 Å². The normalized spacial score (nSPS) is 19.8. The van der Waals surface area contributed by atoms with Gasteiger partial charge in [0.05, 0.1) is 115 Å². The predicted molar refractivity (Wildman–Crippen MR) is 254 cm³/mol. The molecule has 0 aliphatic carbocycles. The first-order chi connectivity index (χ1) is 32.8. The zero-order valence-electron chi connectivity index (χ0n) is 40.4. The van der Waals surface area contributed by atoms with Crippen LogP contribution in [0.4, 0.5) is 0 Å². The Bertz CT molecular complexity index is 2390. The van der Waals surface area contributed by atoms with E-state index in [4.69, 9.17) is 28.4 Å². The monoisotopic (exact) mass is 942 g/mol. The van der Waals surface area contributed by atoms with Crippen LogP contribution in [0, 0.1) is 0 Å². The lowest BCUT2D eigenvalue weighted by Gasteiger charge is -2.46. The molecule has 4 aromatic rings. The second-order valence-corrected chi connectivity index (χ2v) is 18.3. The van der Waals surface area contributed by atoms with Gasteiger partial charge in [-0.2, -0.15) is 0 Å². The lowest BCUT2D eigenvalue weighted by molar-refractivity contribution is -0.941. The van der Waals surface area contributed by atoms with Crippen molar-refractivity contribution in [3.05, 3.63) is 128 Å².